The van der Waals surface area contributed by atoms with Crippen LogP contribution in [0.2, 0.25) is 0 Å². The summed E-state index contributed by atoms with van der Waals surface area (Å²) in [6.07, 6.45) is 6.60. The quantitative estimate of drug-likeness (QED) is 0.883. The van der Waals surface area contributed by atoms with Gasteiger partial charge in [-0.3, -0.25) is 0 Å². The number of rotatable bonds is 4. The maximum atomic E-state index is 5.91. The van der Waals surface area contributed by atoms with Crippen molar-refractivity contribution in [3.63, 3.8) is 0 Å². The second-order valence-electron chi connectivity index (χ2n) is 4.95. The molecule has 0 spiro atoms. The predicted octanol–water partition coefficient (Wildman–Crippen LogP) is 2.33. The summed E-state index contributed by atoms with van der Waals surface area (Å²) in [5.74, 6) is 1.83. The zero-order valence-corrected chi connectivity index (χ0v) is 11.0. The summed E-state index contributed by atoms with van der Waals surface area (Å²) < 4.78 is 5.91. The van der Waals surface area contributed by atoms with Crippen molar-refractivity contribution in [1.29, 1.82) is 0 Å². The van der Waals surface area contributed by atoms with E-state index < -0.39 is 0 Å². The van der Waals surface area contributed by atoms with Gasteiger partial charge in [-0.25, -0.2) is 4.98 Å². The molecule has 0 radical (unpaired) electrons. The molecule has 1 heterocycles. The molecule has 1 aliphatic carbocycles. The van der Waals surface area contributed by atoms with Gasteiger partial charge in [0.1, 0.15) is 18.2 Å². The Morgan fingerprint density at radius 2 is 2.16 bits per heavy atom. The monoisotopic (exact) mass is 257 g/mol. The van der Waals surface area contributed by atoms with Gasteiger partial charge < -0.3 is 15.5 Å². The van der Waals surface area contributed by atoms with E-state index in [1.54, 1.807) is 6.20 Å². The number of aromatic nitrogens is 2. The van der Waals surface area contributed by atoms with Crippen molar-refractivity contribution < 1.29 is 4.74 Å². The van der Waals surface area contributed by atoms with E-state index in [9.17, 15) is 0 Å². The van der Waals surface area contributed by atoms with Gasteiger partial charge in [0.2, 0.25) is 0 Å². The number of H-pyrrole nitrogens is 1. The van der Waals surface area contributed by atoms with E-state index in [4.69, 9.17) is 10.5 Å². The fourth-order valence-corrected chi connectivity index (χ4v) is 2.61. The van der Waals surface area contributed by atoms with Crippen LogP contribution in [0.25, 0.3) is 0 Å². The first-order valence-corrected chi connectivity index (χ1v) is 6.83. The van der Waals surface area contributed by atoms with Crippen molar-refractivity contribution in [3.8, 4) is 5.75 Å². The van der Waals surface area contributed by atoms with Gasteiger partial charge in [0.05, 0.1) is 0 Å². The zero-order valence-electron chi connectivity index (χ0n) is 11.0. The average molecular weight is 257 g/mol. The van der Waals surface area contributed by atoms with Crippen LogP contribution in [-0.2, 0) is 26.0 Å². The number of nitrogens with zero attached hydrogens (tertiary/aromatic N) is 1. The molecular formula is C15H19N3O. The molecular weight excluding hydrogens is 238 g/mol. The minimum Gasteiger partial charge on any atom is -0.485 e. The minimum absolute atomic E-state index is 0.469. The highest BCUT2D eigenvalue weighted by atomic mass is 16.5. The first-order valence-electron chi connectivity index (χ1n) is 6.83. The first-order chi connectivity index (χ1) is 9.36. The summed E-state index contributed by atoms with van der Waals surface area (Å²) >= 11 is 0. The molecule has 2 aromatic rings. The molecule has 4 heteroatoms. The molecule has 1 aromatic carbocycles. The van der Waals surface area contributed by atoms with Crippen molar-refractivity contribution in [2.45, 2.75) is 38.8 Å². The Bertz CT molecular complexity index is 562. The number of nitrogens with one attached hydrogen (secondary N) is 1. The summed E-state index contributed by atoms with van der Waals surface area (Å²) in [5, 5.41) is 0. The summed E-state index contributed by atoms with van der Waals surface area (Å²) in [6.45, 7) is 0.949. The van der Waals surface area contributed by atoms with Gasteiger partial charge in [-0.1, -0.05) is 12.1 Å². The van der Waals surface area contributed by atoms with E-state index in [1.807, 2.05) is 0 Å². The van der Waals surface area contributed by atoms with Crippen LogP contribution in [0.5, 0.6) is 5.75 Å². The molecule has 0 saturated carbocycles. The smallest absolute Gasteiger partial charge is 0.146 e. The third kappa shape index (κ3) is 2.63. The Morgan fingerprint density at radius 1 is 1.26 bits per heavy atom. The topological polar surface area (TPSA) is 63.9 Å². The summed E-state index contributed by atoms with van der Waals surface area (Å²) in [4.78, 5) is 7.41. The summed E-state index contributed by atoms with van der Waals surface area (Å²) in [6, 6.07) is 6.34. The number of aromatic amines is 1. The maximum Gasteiger partial charge on any atom is 0.146 e. The third-order valence-electron chi connectivity index (χ3n) is 3.62. The largest absolute Gasteiger partial charge is 0.485 e. The highest BCUT2D eigenvalue weighted by molar-refractivity contribution is 5.41. The van der Waals surface area contributed by atoms with Gasteiger partial charge in [-0.05, 0) is 42.9 Å². The number of hydrogen-bond donors (Lipinski definition) is 2. The number of ether oxygens (including phenoxy) is 1. The Labute approximate surface area is 113 Å². The van der Waals surface area contributed by atoms with Crippen molar-refractivity contribution >= 4 is 0 Å². The molecule has 0 amide bonds. The van der Waals surface area contributed by atoms with Crippen molar-refractivity contribution in [1.82, 2.24) is 9.97 Å². The van der Waals surface area contributed by atoms with Gasteiger partial charge in [-0.15, -0.1) is 0 Å². The van der Waals surface area contributed by atoms with Crippen LogP contribution in [0, 0.1) is 0 Å². The molecule has 1 aromatic heterocycles. The van der Waals surface area contributed by atoms with Gasteiger partial charge in [0.25, 0.3) is 0 Å². The Kier molecular flexibility index (Phi) is 3.51. The van der Waals surface area contributed by atoms with Crippen LogP contribution >= 0.6 is 0 Å². The molecule has 4 nitrogen and oxygen atoms in total. The SMILES string of the molecule is NCc1cnc(COc2cccc3c2CCCC3)[nH]1. The van der Waals surface area contributed by atoms with Gasteiger partial charge in [0, 0.05) is 18.4 Å². The highest BCUT2D eigenvalue weighted by Crippen LogP contribution is 2.29. The Balaban J connectivity index is 1.73. The zero-order chi connectivity index (χ0) is 13.1. The number of fused-ring (bicyclic) bond motifs is 1. The van der Waals surface area contributed by atoms with Crippen LogP contribution in [0.15, 0.2) is 24.4 Å². The lowest BCUT2D eigenvalue weighted by Gasteiger charge is -2.19. The van der Waals surface area contributed by atoms with Crippen molar-refractivity contribution in [2.24, 2.45) is 5.73 Å². The first kappa shape index (κ1) is 12.2. The van der Waals surface area contributed by atoms with Gasteiger partial charge >= 0.3 is 0 Å². The van der Waals surface area contributed by atoms with Crippen LogP contribution in [0.3, 0.4) is 0 Å². The van der Waals surface area contributed by atoms with Crippen LogP contribution < -0.4 is 10.5 Å². The molecule has 0 atom stereocenters. The van der Waals surface area contributed by atoms with Crippen molar-refractivity contribution in [2.75, 3.05) is 0 Å². The normalized spacial score (nSPS) is 14.2. The van der Waals surface area contributed by atoms with Crippen LogP contribution in [0.1, 0.15) is 35.5 Å². The predicted molar refractivity (Wildman–Crippen MR) is 73.9 cm³/mol. The minimum atomic E-state index is 0.469. The fraction of sp³-hybridized carbons (Fsp3) is 0.400. The van der Waals surface area contributed by atoms with E-state index in [0.29, 0.717) is 13.2 Å². The lowest BCUT2D eigenvalue weighted by molar-refractivity contribution is 0.292. The fourth-order valence-electron chi connectivity index (χ4n) is 2.61. The molecule has 3 rings (SSSR count). The molecule has 1 aliphatic rings. The molecule has 3 N–H and O–H groups in total. The molecule has 0 fully saturated rings. The number of nitrogens with two attached hydrogens (primary N) is 1. The standard InChI is InChI=1S/C15H19N3O/c16-8-12-9-17-15(18-12)10-19-14-7-3-5-11-4-1-2-6-13(11)14/h3,5,7,9H,1-2,4,6,8,10,16H2,(H,17,18). The average Bonchev–Trinajstić information content (AvgIpc) is 2.93. The number of hydrogen-bond acceptors (Lipinski definition) is 3. The Morgan fingerprint density at radius 3 is 3.00 bits per heavy atom. The maximum absolute atomic E-state index is 5.91. The number of benzene rings is 1. The van der Waals surface area contributed by atoms with Crippen molar-refractivity contribution in [3.05, 3.63) is 47.0 Å². The van der Waals surface area contributed by atoms with E-state index in [2.05, 4.69) is 28.2 Å². The highest BCUT2D eigenvalue weighted by Gasteiger charge is 2.14. The second-order valence-corrected chi connectivity index (χ2v) is 4.95. The summed E-state index contributed by atoms with van der Waals surface area (Å²) in [7, 11) is 0. The number of imidazole rings is 1. The molecule has 0 aliphatic heterocycles. The van der Waals surface area contributed by atoms with Gasteiger partial charge in [0.15, 0.2) is 0 Å². The molecule has 100 valence electrons. The molecule has 19 heavy (non-hydrogen) atoms. The Hall–Kier alpha value is -1.81. The van der Waals surface area contributed by atoms with Crippen LogP contribution in [0.4, 0.5) is 0 Å². The number of aryl methyl sites for hydroxylation is 1. The lowest BCUT2D eigenvalue weighted by atomic mass is 9.91. The molecule has 0 unspecified atom stereocenters. The molecule has 0 saturated heterocycles. The van der Waals surface area contributed by atoms with E-state index >= 15 is 0 Å². The third-order valence-corrected chi connectivity index (χ3v) is 3.62. The lowest BCUT2D eigenvalue weighted by Crippen LogP contribution is -2.07. The van der Waals surface area contributed by atoms with E-state index in [1.165, 1.54) is 30.4 Å². The summed E-state index contributed by atoms with van der Waals surface area (Å²) in [5.41, 5.74) is 9.30. The molecule has 0 bridgehead atoms. The van der Waals surface area contributed by atoms with Gasteiger partial charge in [-0.2, -0.15) is 0 Å². The van der Waals surface area contributed by atoms with E-state index in [0.717, 1.165) is 23.7 Å². The second kappa shape index (κ2) is 5.45. The van der Waals surface area contributed by atoms with E-state index in [-0.39, 0.29) is 0 Å². The van der Waals surface area contributed by atoms with Crippen LogP contribution in [-0.4, -0.2) is 9.97 Å².